The maximum absolute atomic E-state index is 12.7. The molecule has 1 saturated heterocycles. The summed E-state index contributed by atoms with van der Waals surface area (Å²) in [6.45, 7) is 4.02. The van der Waals surface area contributed by atoms with E-state index in [0.717, 1.165) is 16.9 Å². The maximum Gasteiger partial charge on any atom is 0.252 e. The van der Waals surface area contributed by atoms with E-state index in [2.05, 4.69) is 5.32 Å². The number of carbonyl (C=O) groups is 2. The van der Waals surface area contributed by atoms with Gasteiger partial charge in [-0.3, -0.25) is 9.59 Å². The summed E-state index contributed by atoms with van der Waals surface area (Å²) in [4.78, 5) is 26.3. The molecule has 25 heavy (non-hydrogen) atoms. The SMILES string of the molecule is Cc1ccc([C@H]2[C@H](C(=O)NCc3ccc(C)o3)OCC(=O)N2C)cc1. The van der Waals surface area contributed by atoms with Crippen molar-refractivity contribution < 1.29 is 18.7 Å². The highest BCUT2D eigenvalue weighted by atomic mass is 16.5. The van der Waals surface area contributed by atoms with E-state index in [4.69, 9.17) is 9.15 Å². The molecule has 0 radical (unpaired) electrons. The molecule has 1 aliphatic heterocycles. The average molecular weight is 342 g/mol. The van der Waals surface area contributed by atoms with Crippen LogP contribution in [0.4, 0.5) is 0 Å². The molecule has 6 heteroatoms. The van der Waals surface area contributed by atoms with Gasteiger partial charge in [-0.2, -0.15) is 0 Å². The fraction of sp³-hybridized carbons (Fsp3) is 0.368. The molecule has 2 atom stereocenters. The van der Waals surface area contributed by atoms with Crippen molar-refractivity contribution in [1.29, 1.82) is 0 Å². The lowest BCUT2D eigenvalue weighted by atomic mass is 9.97. The second kappa shape index (κ2) is 7.11. The molecule has 1 aromatic carbocycles. The zero-order chi connectivity index (χ0) is 18.0. The summed E-state index contributed by atoms with van der Waals surface area (Å²) in [5.74, 6) is 1.06. The van der Waals surface area contributed by atoms with Crippen molar-refractivity contribution in [3.63, 3.8) is 0 Å². The lowest BCUT2D eigenvalue weighted by molar-refractivity contribution is -0.162. The lowest BCUT2D eigenvalue weighted by Crippen LogP contribution is -2.52. The van der Waals surface area contributed by atoms with Crippen molar-refractivity contribution in [3.05, 3.63) is 59.0 Å². The van der Waals surface area contributed by atoms with Gasteiger partial charge in [-0.15, -0.1) is 0 Å². The maximum atomic E-state index is 12.7. The van der Waals surface area contributed by atoms with Gasteiger partial charge in [-0.25, -0.2) is 0 Å². The first-order chi connectivity index (χ1) is 12.0. The predicted molar refractivity (Wildman–Crippen MR) is 91.7 cm³/mol. The van der Waals surface area contributed by atoms with Crippen LogP contribution in [0, 0.1) is 13.8 Å². The molecule has 2 aromatic rings. The van der Waals surface area contributed by atoms with E-state index in [1.807, 2.05) is 50.2 Å². The van der Waals surface area contributed by atoms with E-state index in [1.54, 1.807) is 11.9 Å². The molecule has 1 aromatic heterocycles. The van der Waals surface area contributed by atoms with Crippen molar-refractivity contribution in [2.24, 2.45) is 0 Å². The van der Waals surface area contributed by atoms with E-state index in [9.17, 15) is 9.59 Å². The molecule has 132 valence electrons. The number of hydrogen-bond acceptors (Lipinski definition) is 4. The highest BCUT2D eigenvalue weighted by molar-refractivity contribution is 5.86. The second-order valence-electron chi connectivity index (χ2n) is 6.32. The first-order valence-corrected chi connectivity index (χ1v) is 8.22. The summed E-state index contributed by atoms with van der Waals surface area (Å²) in [5.41, 5.74) is 1.98. The van der Waals surface area contributed by atoms with Crippen molar-refractivity contribution in [3.8, 4) is 0 Å². The molecule has 0 aliphatic carbocycles. The Kier molecular flexibility index (Phi) is 4.90. The molecular weight excluding hydrogens is 320 g/mol. The van der Waals surface area contributed by atoms with E-state index < -0.39 is 12.1 Å². The van der Waals surface area contributed by atoms with Gasteiger partial charge < -0.3 is 19.4 Å². The third-order valence-electron chi connectivity index (χ3n) is 4.39. The van der Waals surface area contributed by atoms with E-state index in [0.29, 0.717) is 5.76 Å². The quantitative estimate of drug-likeness (QED) is 0.924. The van der Waals surface area contributed by atoms with Crippen LogP contribution in [0.15, 0.2) is 40.8 Å². The monoisotopic (exact) mass is 342 g/mol. The summed E-state index contributed by atoms with van der Waals surface area (Å²) < 4.78 is 11.0. The van der Waals surface area contributed by atoms with Gasteiger partial charge >= 0.3 is 0 Å². The van der Waals surface area contributed by atoms with Gasteiger partial charge in [0.2, 0.25) is 5.91 Å². The normalized spacial score (nSPS) is 20.6. The van der Waals surface area contributed by atoms with E-state index >= 15 is 0 Å². The summed E-state index contributed by atoms with van der Waals surface area (Å²) in [6, 6.07) is 11.0. The molecule has 3 rings (SSSR count). The van der Waals surface area contributed by atoms with Crippen LogP contribution in [0.3, 0.4) is 0 Å². The Bertz CT molecular complexity index is 766. The molecule has 2 heterocycles. The highest BCUT2D eigenvalue weighted by Crippen LogP contribution is 2.29. The van der Waals surface area contributed by atoms with Gasteiger partial charge in [0.1, 0.15) is 18.1 Å². The molecule has 6 nitrogen and oxygen atoms in total. The summed E-state index contributed by atoms with van der Waals surface area (Å²) >= 11 is 0. The van der Waals surface area contributed by atoms with Crippen LogP contribution in [0.2, 0.25) is 0 Å². The average Bonchev–Trinajstić information content (AvgIpc) is 3.01. The van der Waals surface area contributed by atoms with Gasteiger partial charge in [0.05, 0.1) is 12.6 Å². The van der Waals surface area contributed by atoms with Crippen LogP contribution in [-0.2, 0) is 20.9 Å². The zero-order valence-corrected chi connectivity index (χ0v) is 14.6. The molecule has 2 amide bonds. The molecule has 1 N–H and O–H groups in total. The second-order valence-corrected chi connectivity index (χ2v) is 6.32. The third-order valence-corrected chi connectivity index (χ3v) is 4.39. The Morgan fingerprint density at radius 1 is 1.20 bits per heavy atom. The number of furan rings is 1. The number of carbonyl (C=O) groups excluding carboxylic acids is 2. The molecule has 0 unspecified atom stereocenters. The van der Waals surface area contributed by atoms with Gasteiger partial charge in [0.15, 0.2) is 6.10 Å². The Balaban J connectivity index is 1.77. The number of nitrogens with zero attached hydrogens (tertiary/aromatic N) is 1. The largest absolute Gasteiger partial charge is 0.465 e. The molecule has 1 aliphatic rings. The van der Waals surface area contributed by atoms with Crippen LogP contribution >= 0.6 is 0 Å². The third kappa shape index (κ3) is 3.74. The van der Waals surface area contributed by atoms with Crippen molar-refractivity contribution in [2.45, 2.75) is 32.5 Å². The number of aryl methyl sites for hydroxylation is 2. The first-order valence-electron chi connectivity index (χ1n) is 8.22. The number of morpholine rings is 1. The van der Waals surface area contributed by atoms with Gasteiger partial charge in [0, 0.05) is 7.05 Å². The number of nitrogens with one attached hydrogen (secondary N) is 1. The Morgan fingerprint density at radius 2 is 1.92 bits per heavy atom. The van der Waals surface area contributed by atoms with E-state index in [-0.39, 0.29) is 25.0 Å². The minimum atomic E-state index is -0.763. The standard InChI is InChI=1S/C19H22N2O4/c1-12-4-7-14(8-5-12)17-18(24-11-16(22)21(17)3)19(23)20-10-15-9-6-13(2)25-15/h4-9,17-18H,10-11H2,1-3H3,(H,20,23)/t17-,18+/m0/s1. The van der Waals surface area contributed by atoms with Crippen LogP contribution < -0.4 is 5.32 Å². The number of likely N-dealkylation sites (N-methyl/N-ethyl adjacent to an activating group) is 1. The molecule has 0 bridgehead atoms. The van der Waals surface area contributed by atoms with Crippen molar-refractivity contribution in [2.75, 3.05) is 13.7 Å². The summed E-state index contributed by atoms with van der Waals surface area (Å²) in [7, 11) is 1.70. The molecule has 0 spiro atoms. The number of amides is 2. The topological polar surface area (TPSA) is 71.8 Å². The number of ether oxygens (including phenoxy) is 1. The Morgan fingerprint density at radius 3 is 2.56 bits per heavy atom. The van der Waals surface area contributed by atoms with Gasteiger partial charge in [-0.1, -0.05) is 29.8 Å². The Hall–Kier alpha value is -2.60. The minimum absolute atomic E-state index is 0.100. The predicted octanol–water partition coefficient (Wildman–Crippen LogP) is 2.11. The van der Waals surface area contributed by atoms with E-state index in [1.165, 1.54) is 0 Å². The first kappa shape index (κ1) is 17.2. The van der Waals surface area contributed by atoms with Crippen LogP contribution in [0.25, 0.3) is 0 Å². The molecule has 0 saturated carbocycles. The molecule has 1 fully saturated rings. The Labute approximate surface area is 146 Å². The van der Waals surface area contributed by atoms with Crippen LogP contribution in [0.1, 0.15) is 28.7 Å². The fourth-order valence-electron chi connectivity index (χ4n) is 2.95. The van der Waals surface area contributed by atoms with Gasteiger partial charge in [-0.05, 0) is 31.5 Å². The smallest absolute Gasteiger partial charge is 0.252 e. The zero-order valence-electron chi connectivity index (χ0n) is 14.6. The number of benzene rings is 1. The van der Waals surface area contributed by atoms with Crippen molar-refractivity contribution in [1.82, 2.24) is 10.2 Å². The highest BCUT2D eigenvalue weighted by Gasteiger charge is 2.39. The number of rotatable bonds is 4. The fourth-order valence-corrected chi connectivity index (χ4v) is 2.95. The van der Waals surface area contributed by atoms with Crippen molar-refractivity contribution >= 4 is 11.8 Å². The van der Waals surface area contributed by atoms with Crippen LogP contribution in [-0.4, -0.2) is 36.5 Å². The van der Waals surface area contributed by atoms with Gasteiger partial charge in [0.25, 0.3) is 5.91 Å². The number of hydrogen-bond donors (Lipinski definition) is 1. The molecular formula is C19H22N2O4. The lowest BCUT2D eigenvalue weighted by Gasteiger charge is -2.38. The van der Waals surface area contributed by atoms with Crippen LogP contribution in [0.5, 0.6) is 0 Å². The summed E-state index contributed by atoms with van der Waals surface area (Å²) in [5, 5.41) is 2.83. The minimum Gasteiger partial charge on any atom is -0.465 e. The summed E-state index contributed by atoms with van der Waals surface area (Å²) in [6.07, 6.45) is -0.763.